The molecule has 1 aromatic heterocycles. The first kappa shape index (κ1) is 21.1. The van der Waals surface area contributed by atoms with Crippen molar-refractivity contribution in [3.05, 3.63) is 54.4 Å². The molecule has 0 saturated heterocycles. The highest BCUT2D eigenvalue weighted by molar-refractivity contribution is 7.92. The van der Waals surface area contributed by atoms with Crippen molar-refractivity contribution in [3.63, 3.8) is 0 Å². The molecule has 3 aromatic rings. The minimum absolute atomic E-state index is 0.0205. The Balaban J connectivity index is 2.04. The van der Waals surface area contributed by atoms with Gasteiger partial charge in [-0.2, -0.15) is 0 Å². The molecule has 1 heterocycles. The number of carboxylic acid groups (broad SMARTS) is 1. The van der Waals surface area contributed by atoms with Crippen LogP contribution in [0.25, 0.3) is 10.8 Å². The number of sulfonamides is 1. The molecule has 3 rings (SSSR count). The zero-order valence-electron chi connectivity index (χ0n) is 15.5. The lowest BCUT2D eigenvalue weighted by atomic mass is 10.1. The van der Waals surface area contributed by atoms with E-state index in [1.54, 1.807) is 0 Å². The van der Waals surface area contributed by atoms with Gasteiger partial charge in [-0.15, -0.1) is 0 Å². The number of benzene rings is 2. The number of nitrogens with two attached hydrogens (primary N) is 1. The number of fused-ring (bicyclic) bond motifs is 1. The number of aromatic carboxylic acids is 1. The first-order valence-electron chi connectivity index (χ1n) is 8.26. The summed E-state index contributed by atoms with van der Waals surface area (Å²) in [7, 11) is -2.76. The largest absolute Gasteiger partial charge is 0.495 e. The lowest BCUT2D eigenvalue weighted by Gasteiger charge is -2.16. The maximum Gasteiger partial charge on any atom is 0.335 e. The van der Waals surface area contributed by atoms with Crippen LogP contribution in [-0.4, -0.2) is 37.5 Å². The second-order valence-electron chi connectivity index (χ2n) is 6.03. The summed E-state index contributed by atoms with van der Waals surface area (Å²) < 4.78 is 34.1. The average molecular weight is 450 g/mol. The van der Waals surface area contributed by atoms with Gasteiger partial charge in [0.2, 0.25) is 5.96 Å². The van der Waals surface area contributed by atoms with Gasteiger partial charge in [-0.25, -0.2) is 17.6 Å². The minimum atomic E-state index is -4.09. The SMILES string of the molecule is COc1ccc(C(=O)O)cc1NS(=O)(=O)c1ccc2c(N(Cl)C(=N)N)cncc2c1. The molecule has 0 atom stereocenters. The summed E-state index contributed by atoms with van der Waals surface area (Å²) in [5, 5.41) is 17.6. The smallest absolute Gasteiger partial charge is 0.335 e. The summed E-state index contributed by atoms with van der Waals surface area (Å²) in [5.74, 6) is -1.47. The zero-order chi connectivity index (χ0) is 22.1. The molecule has 5 N–H and O–H groups in total. The Labute approximate surface area is 176 Å². The van der Waals surface area contributed by atoms with Crippen LogP contribution in [0.4, 0.5) is 11.4 Å². The van der Waals surface area contributed by atoms with Gasteiger partial charge in [0.25, 0.3) is 10.0 Å². The van der Waals surface area contributed by atoms with Gasteiger partial charge in [0.15, 0.2) is 0 Å². The van der Waals surface area contributed by atoms with Crippen LogP contribution in [0.3, 0.4) is 0 Å². The number of anilines is 2. The number of aromatic nitrogens is 1. The molecule has 156 valence electrons. The Morgan fingerprint density at radius 3 is 2.63 bits per heavy atom. The van der Waals surface area contributed by atoms with Crippen molar-refractivity contribution in [3.8, 4) is 5.75 Å². The van der Waals surface area contributed by atoms with E-state index in [-0.39, 0.29) is 21.9 Å². The van der Waals surface area contributed by atoms with E-state index in [9.17, 15) is 13.2 Å². The first-order chi connectivity index (χ1) is 14.1. The van der Waals surface area contributed by atoms with E-state index in [1.807, 2.05) is 0 Å². The molecule has 2 aromatic carbocycles. The van der Waals surface area contributed by atoms with Gasteiger partial charge in [-0.1, -0.05) is 6.07 Å². The normalized spacial score (nSPS) is 11.1. The fraction of sp³-hybridized carbons (Fsp3) is 0.0556. The number of carbonyl (C=O) groups is 1. The summed E-state index contributed by atoms with van der Waals surface area (Å²) in [4.78, 5) is 15.1. The predicted molar refractivity (Wildman–Crippen MR) is 113 cm³/mol. The summed E-state index contributed by atoms with van der Waals surface area (Å²) in [5.41, 5.74) is 5.58. The van der Waals surface area contributed by atoms with Crippen LogP contribution in [-0.2, 0) is 10.0 Å². The molecular formula is C18H16ClN5O5S. The van der Waals surface area contributed by atoms with E-state index >= 15 is 0 Å². The van der Waals surface area contributed by atoms with Crippen molar-refractivity contribution in [1.82, 2.24) is 4.98 Å². The lowest BCUT2D eigenvalue weighted by molar-refractivity contribution is 0.0697. The van der Waals surface area contributed by atoms with Crippen molar-refractivity contribution in [2.75, 3.05) is 16.3 Å². The van der Waals surface area contributed by atoms with E-state index in [2.05, 4.69) is 9.71 Å². The minimum Gasteiger partial charge on any atom is -0.495 e. The lowest BCUT2D eigenvalue weighted by Crippen LogP contribution is -2.28. The summed E-state index contributed by atoms with van der Waals surface area (Å²) in [6, 6.07) is 8.03. The molecule has 0 aliphatic rings. The molecule has 0 aliphatic heterocycles. The van der Waals surface area contributed by atoms with E-state index < -0.39 is 22.0 Å². The second kappa shape index (κ2) is 8.05. The number of carboxylic acids is 1. The number of rotatable bonds is 6. The third-order valence-corrected chi connectivity index (χ3v) is 5.86. The number of hydrogen-bond acceptors (Lipinski definition) is 6. The molecule has 0 radical (unpaired) electrons. The van der Waals surface area contributed by atoms with Crippen LogP contribution in [0.2, 0.25) is 0 Å². The molecule has 0 amide bonds. The third-order valence-electron chi connectivity index (χ3n) is 4.13. The Bertz CT molecular complexity index is 1270. The van der Waals surface area contributed by atoms with Crippen LogP contribution in [0.15, 0.2) is 53.7 Å². The molecule has 0 aliphatic carbocycles. The van der Waals surface area contributed by atoms with E-state index in [4.69, 9.17) is 32.8 Å². The van der Waals surface area contributed by atoms with Gasteiger partial charge in [0, 0.05) is 28.7 Å². The van der Waals surface area contributed by atoms with Crippen molar-refractivity contribution >= 4 is 55.9 Å². The Morgan fingerprint density at radius 2 is 2.00 bits per heavy atom. The number of nitrogens with zero attached hydrogens (tertiary/aromatic N) is 2. The van der Waals surface area contributed by atoms with E-state index in [0.29, 0.717) is 16.5 Å². The van der Waals surface area contributed by atoms with Gasteiger partial charge >= 0.3 is 5.97 Å². The number of methoxy groups -OCH3 is 1. The van der Waals surface area contributed by atoms with Crippen molar-refractivity contribution in [2.24, 2.45) is 5.73 Å². The number of guanidine groups is 1. The molecule has 0 unspecified atom stereocenters. The maximum atomic E-state index is 12.9. The van der Waals surface area contributed by atoms with Crippen LogP contribution in [0.5, 0.6) is 5.75 Å². The van der Waals surface area contributed by atoms with Gasteiger partial charge in [0.05, 0.1) is 35.1 Å². The number of ether oxygens (including phenoxy) is 1. The topological polar surface area (TPSA) is 159 Å². The second-order valence-corrected chi connectivity index (χ2v) is 8.05. The average Bonchev–Trinajstić information content (AvgIpc) is 2.71. The first-order valence-corrected chi connectivity index (χ1v) is 10.1. The van der Waals surface area contributed by atoms with Gasteiger partial charge < -0.3 is 15.6 Å². The Hall–Kier alpha value is -3.57. The molecule has 10 nitrogen and oxygen atoms in total. The number of nitrogens with one attached hydrogen (secondary N) is 2. The van der Waals surface area contributed by atoms with Gasteiger partial charge in [0.1, 0.15) is 5.75 Å². The van der Waals surface area contributed by atoms with Gasteiger partial charge in [-0.3, -0.25) is 15.1 Å². The fourth-order valence-electron chi connectivity index (χ4n) is 2.72. The maximum absolute atomic E-state index is 12.9. The van der Waals surface area contributed by atoms with E-state index in [0.717, 1.165) is 10.5 Å². The van der Waals surface area contributed by atoms with Crippen LogP contribution in [0, 0.1) is 5.41 Å². The summed E-state index contributed by atoms with van der Waals surface area (Å²) >= 11 is 5.98. The number of hydrogen-bond donors (Lipinski definition) is 4. The van der Waals surface area contributed by atoms with E-state index in [1.165, 1.54) is 49.8 Å². The Morgan fingerprint density at radius 1 is 1.27 bits per heavy atom. The van der Waals surface area contributed by atoms with Crippen LogP contribution < -0.4 is 19.6 Å². The van der Waals surface area contributed by atoms with Crippen molar-refractivity contribution in [1.29, 1.82) is 5.41 Å². The molecule has 12 heteroatoms. The Kier molecular flexibility index (Phi) is 5.67. The molecule has 0 spiro atoms. The quantitative estimate of drug-likeness (QED) is 0.254. The molecule has 30 heavy (non-hydrogen) atoms. The standard InChI is InChI=1S/C18H16ClN5O5S/c1-29-16-5-2-10(17(25)26)7-14(16)23-30(27,28)12-3-4-13-11(6-12)8-22-9-15(13)24(19)18(20)21/h2-9,23H,1H3,(H3,20,21)(H,25,26). The number of pyridine rings is 1. The monoisotopic (exact) mass is 449 g/mol. The molecule has 0 saturated carbocycles. The zero-order valence-corrected chi connectivity index (χ0v) is 17.0. The number of halogens is 1. The van der Waals surface area contributed by atoms with Gasteiger partial charge in [-0.05, 0) is 30.3 Å². The third kappa shape index (κ3) is 4.07. The highest BCUT2D eigenvalue weighted by atomic mass is 35.5. The highest BCUT2D eigenvalue weighted by Gasteiger charge is 2.20. The van der Waals surface area contributed by atoms with Crippen molar-refractivity contribution in [2.45, 2.75) is 4.90 Å². The molecule has 0 bridgehead atoms. The van der Waals surface area contributed by atoms with Crippen LogP contribution in [0.1, 0.15) is 10.4 Å². The molecule has 0 fully saturated rings. The predicted octanol–water partition coefficient (Wildman–Crippen LogP) is 2.60. The van der Waals surface area contributed by atoms with Crippen LogP contribution >= 0.6 is 11.8 Å². The molecular weight excluding hydrogens is 434 g/mol. The fourth-order valence-corrected chi connectivity index (χ4v) is 3.95. The highest BCUT2D eigenvalue weighted by Crippen LogP contribution is 2.31. The summed E-state index contributed by atoms with van der Waals surface area (Å²) in [6.45, 7) is 0. The van der Waals surface area contributed by atoms with Crippen molar-refractivity contribution < 1.29 is 23.1 Å². The summed E-state index contributed by atoms with van der Waals surface area (Å²) in [6.07, 6.45) is 2.83.